The summed E-state index contributed by atoms with van der Waals surface area (Å²) in [7, 11) is -3.80. The predicted octanol–water partition coefficient (Wildman–Crippen LogP) is 1.28. The fourth-order valence-corrected chi connectivity index (χ4v) is 4.63. The lowest BCUT2D eigenvalue weighted by Crippen LogP contribution is -2.16. The first-order valence-electron chi connectivity index (χ1n) is 6.01. The second-order valence-corrected chi connectivity index (χ2v) is 7.67. The highest BCUT2D eigenvalue weighted by Gasteiger charge is 2.18. The van der Waals surface area contributed by atoms with E-state index in [1.54, 1.807) is 20.2 Å². The average Bonchev–Trinajstić information content (AvgIpc) is 2.32. The van der Waals surface area contributed by atoms with Crippen LogP contribution in [-0.2, 0) is 30.9 Å². The first kappa shape index (κ1) is 17.1. The van der Waals surface area contributed by atoms with Gasteiger partial charge in [-0.05, 0) is 20.8 Å². The minimum atomic E-state index is -3.75. The lowest BCUT2D eigenvalue weighted by molar-refractivity contribution is 0.341. The molecule has 0 spiro atoms. The lowest BCUT2D eigenvalue weighted by atomic mass is 10.1. The van der Waals surface area contributed by atoms with E-state index in [0.29, 0.717) is 11.4 Å². The normalized spacial score (nSPS) is 13.2. The molecule has 0 aliphatic heterocycles. The average molecular weight is 321 g/mol. The van der Waals surface area contributed by atoms with Gasteiger partial charge in [0.1, 0.15) is 5.75 Å². The molecule has 1 rings (SSSR count). The Balaban J connectivity index is 2.87. The topological polar surface area (TPSA) is 82.6 Å². The molecule has 20 heavy (non-hydrogen) atoms. The summed E-state index contributed by atoms with van der Waals surface area (Å²) >= 11 is 0. The van der Waals surface area contributed by atoms with Crippen molar-refractivity contribution < 1.29 is 21.5 Å². The zero-order valence-corrected chi connectivity index (χ0v) is 13.6. The molecule has 0 aromatic carbocycles. The Bertz CT molecular complexity index is 598. The number of aromatic nitrogens is 1. The molecule has 0 amide bonds. The Hall–Kier alpha value is -0.990. The van der Waals surface area contributed by atoms with Crippen LogP contribution in [0.4, 0.5) is 0 Å². The third-order valence-corrected chi connectivity index (χ3v) is 6.02. The third kappa shape index (κ3) is 4.53. The molecule has 0 bridgehead atoms. The monoisotopic (exact) mass is 321 g/mol. The van der Waals surface area contributed by atoms with E-state index < -0.39 is 26.0 Å². The smallest absolute Gasteiger partial charge is 0.279 e. The molecule has 0 unspecified atom stereocenters. The molecular formula is C12H19NO5S2. The fourth-order valence-electron chi connectivity index (χ4n) is 1.79. The van der Waals surface area contributed by atoms with Gasteiger partial charge in [-0.1, -0.05) is 0 Å². The summed E-state index contributed by atoms with van der Waals surface area (Å²) in [5.41, 5.74) is 2.22. The van der Waals surface area contributed by atoms with Crippen LogP contribution in [0, 0.1) is 13.8 Å². The first-order valence-corrected chi connectivity index (χ1v) is 9.08. The number of ether oxygens (including phenoxy) is 1. The van der Waals surface area contributed by atoms with Crippen LogP contribution < -0.4 is 4.74 Å². The summed E-state index contributed by atoms with van der Waals surface area (Å²) in [6.07, 6.45) is 1.62. The van der Waals surface area contributed by atoms with Gasteiger partial charge in [0.05, 0.1) is 25.2 Å². The van der Waals surface area contributed by atoms with Gasteiger partial charge in [0, 0.05) is 28.1 Å². The van der Waals surface area contributed by atoms with Crippen LogP contribution in [0.2, 0.25) is 0 Å². The summed E-state index contributed by atoms with van der Waals surface area (Å²) in [5.74, 6) is 0.731. The minimum absolute atomic E-state index is 0.0369. The van der Waals surface area contributed by atoms with Crippen LogP contribution in [0.25, 0.3) is 0 Å². The molecule has 0 fully saturated rings. The standard InChI is InChI=1S/C12H19NO5S2/c1-5-18-20(15,16)8-19(14)7-11-10(3)12(17-4)9(2)6-13-11/h6H,5,7-8H2,1-4H3/t19-/m0/s1. The molecule has 1 aromatic heterocycles. The Morgan fingerprint density at radius 3 is 2.55 bits per heavy atom. The summed E-state index contributed by atoms with van der Waals surface area (Å²) in [4.78, 5) is 4.19. The van der Waals surface area contributed by atoms with E-state index in [1.807, 2.05) is 13.8 Å². The summed E-state index contributed by atoms with van der Waals surface area (Å²) < 4.78 is 44.6. The number of methoxy groups -OCH3 is 1. The Labute approximate surface area is 122 Å². The van der Waals surface area contributed by atoms with Crippen LogP contribution in [0.5, 0.6) is 5.75 Å². The fraction of sp³-hybridized carbons (Fsp3) is 0.583. The van der Waals surface area contributed by atoms with Crippen LogP contribution in [0.15, 0.2) is 6.20 Å². The van der Waals surface area contributed by atoms with Gasteiger partial charge in [-0.3, -0.25) is 13.4 Å². The SMILES string of the molecule is CCOS(=O)(=O)C[S@@](=O)Cc1ncc(C)c(OC)c1C. The summed E-state index contributed by atoms with van der Waals surface area (Å²) in [6.45, 7) is 5.27. The van der Waals surface area contributed by atoms with Gasteiger partial charge >= 0.3 is 0 Å². The maximum absolute atomic E-state index is 11.9. The van der Waals surface area contributed by atoms with Gasteiger partial charge in [0.15, 0.2) is 5.08 Å². The van der Waals surface area contributed by atoms with E-state index in [-0.39, 0.29) is 12.4 Å². The highest BCUT2D eigenvalue weighted by atomic mass is 32.3. The Kier molecular flexibility index (Phi) is 6.09. The maximum atomic E-state index is 11.9. The molecular weight excluding hydrogens is 302 g/mol. The minimum Gasteiger partial charge on any atom is -0.496 e. The number of nitrogens with zero attached hydrogens (tertiary/aromatic N) is 1. The van der Waals surface area contributed by atoms with Crippen molar-refractivity contribution in [3.63, 3.8) is 0 Å². The summed E-state index contributed by atoms with van der Waals surface area (Å²) in [5, 5.41) is -0.530. The van der Waals surface area contributed by atoms with Gasteiger partial charge in [-0.25, -0.2) is 0 Å². The third-order valence-electron chi connectivity index (χ3n) is 2.62. The molecule has 8 heteroatoms. The molecule has 114 valence electrons. The van der Waals surface area contributed by atoms with Crippen molar-refractivity contribution in [2.45, 2.75) is 26.5 Å². The second kappa shape index (κ2) is 7.14. The largest absolute Gasteiger partial charge is 0.496 e. The first-order chi connectivity index (χ1) is 9.30. The van der Waals surface area contributed by atoms with Crippen molar-refractivity contribution in [1.82, 2.24) is 4.98 Å². The highest BCUT2D eigenvalue weighted by Crippen LogP contribution is 2.24. The molecule has 1 aromatic rings. The van der Waals surface area contributed by atoms with Gasteiger partial charge in [-0.15, -0.1) is 0 Å². The zero-order chi connectivity index (χ0) is 15.3. The van der Waals surface area contributed by atoms with Crippen molar-refractivity contribution in [3.8, 4) is 5.75 Å². The maximum Gasteiger partial charge on any atom is 0.279 e. The highest BCUT2D eigenvalue weighted by molar-refractivity contribution is 8.02. The number of aryl methyl sites for hydroxylation is 1. The van der Waals surface area contributed by atoms with E-state index in [9.17, 15) is 12.6 Å². The van der Waals surface area contributed by atoms with Crippen molar-refractivity contribution in [1.29, 1.82) is 0 Å². The molecule has 0 aliphatic carbocycles. The molecule has 6 nitrogen and oxygen atoms in total. The number of pyridine rings is 1. The van der Waals surface area contributed by atoms with Crippen molar-refractivity contribution in [2.24, 2.45) is 0 Å². The molecule has 1 heterocycles. The molecule has 0 saturated heterocycles. The lowest BCUT2D eigenvalue weighted by Gasteiger charge is -2.12. The second-order valence-electron chi connectivity index (χ2n) is 4.21. The van der Waals surface area contributed by atoms with E-state index in [2.05, 4.69) is 9.17 Å². The molecule has 0 N–H and O–H groups in total. The molecule has 0 aliphatic rings. The van der Waals surface area contributed by atoms with E-state index in [0.717, 1.165) is 11.1 Å². The van der Waals surface area contributed by atoms with Crippen molar-refractivity contribution >= 4 is 20.9 Å². The van der Waals surface area contributed by atoms with Gasteiger partial charge in [0.25, 0.3) is 10.1 Å². The molecule has 0 radical (unpaired) electrons. The predicted molar refractivity (Wildman–Crippen MR) is 77.5 cm³/mol. The van der Waals surface area contributed by atoms with Crippen molar-refractivity contribution in [3.05, 3.63) is 23.0 Å². The van der Waals surface area contributed by atoms with E-state index in [1.165, 1.54) is 0 Å². The quantitative estimate of drug-likeness (QED) is 0.704. The zero-order valence-electron chi connectivity index (χ0n) is 12.0. The number of rotatable bonds is 7. The van der Waals surface area contributed by atoms with Crippen LogP contribution in [-0.4, -0.2) is 36.4 Å². The van der Waals surface area contributed by atoms with Crippen molar-refractivity contribution in [2.75, 3.05) is 18.8 Å². The van der Waals surface area contributed by atoms with Gasteiger partial charge in [-0.2, -0.15) is 8.42 Å². The number of hydrogen-bond donors (Lipinski definition) is 0. The van der Waals surface area contributed by atoms with E-state index >= 15 is 0 Å². The van der Waals surface area contributed by atoms with E-state index in [4.69, 9.17) is 4.74 Å². The molecule has 0 saturated carbocycles. The molecule has 1 atom stereocenters. The van der Waals surface area contributed by atoms with Crippen LogP contribution in [0.3, 0.4) is 0 Å². The number of hydrogen-bond acceptors (Lipinski definition) is 6. The van der Waals surface area contributed by atoms with Gasteiger partial charge < -0.3 is 4.74 Å². The van der Waals surface area contributed by atoms with Crippen LogP contribution in [0.1, 0.15) is 23.7 Å². The van der Waals surface area contributed by atoms with Crippen LogP contribution >= 0.6 is 0 Å². The van der Waals surface area contributed by atoms with Gasteiger partial charge in [0.2, 0.25) is 0 Å². The Morgan fingerprint density at radius 2 is 2.00 bits per heavy atom. The summed E-state index contributed by atoms with van der Waals surface area (Å²) in [6, 6.07) is 0. The Morgan fingerprint density at radius 1 is 1.35 bits per heavy atom.